The number of aliphatic imine (C=N–C) groups is 1. The average Bonchev–Trinajstić information content (AvgIpc) is 3.23. The molecule has 0 bridgehead atoms. The number of anilines is 1. The third-order valence-electron chi connectivity index (χ3n) is 6.49. The Bertz CT molecular complexity index is 1540. The number of nitrogens with one attached hydrogen (secondary N) is 2. The predicted octanol–water partition coefficient (Wildman–Crippen LogP) is 5.64. The van der Waals surface area contributed by atoms with Crippen molar-refractivity contribution in [3.63, 3.8) is 0 Å². The summed E-state index contributed by atoms with van der Waals surface area (Å²) in [6, 6.07) is 20.5. The molecule has 0 aliphatic heterocycles. The Balaban J connectivity index is 1.76. The number of amides is 2. The third-order valence-corrected chi connectivity index (χ3v) is 6.72. The number of nitrogens with zero attached hydrogens (tertiary/aromatic N) is 3. The molecule has 0 unspecified atom stereocenters. The van der Waals surface area contributed by atoms with E-state index < -0.39 is 0 Å². The van der Waals surface area contributed by atoms with Crippen LogP contribution in [-0.2, 0) is 16.1 Å². The van der Waals surface area contributed by atoms with E-state index in [2.05, 4.69) is 15.2 Å². The summed E-state index contributed by atoms with van der Waals surface area (Å²) in [6.45, 7) is 4.92. The molecular formula is C31H34ClN5O3. The van der Waals surface area contributed by atoms with E-state index in [0.717, 1.165) is 35.2 Å². The van der Waals surface area contributed by atoms with Gasteiger partial charge < -0.3 is 25.2 Å². The van der Waals surface area contributed by atoms with Crippen molar-refractivity contribution in [1.29, 1.82) is 0 Å². The Kier molecular flexibility index (Phi) is 9.24. The summed E-state index contributed by atoms with van der Waals surface area (Å²) in [5, 5.41) is 15.1. The average molecular weight is 560 g/mol. The number of carbonyl (C=O) groups excluding carboxylic acids is 2. The molecule has 0 atom stereocenters. The number of H-pyrrole nitrogens is 1. The van der Waals surface area contributed by atoms with Crippen molar-refractivity contribution in [2.24, 2.45) is 4.99 Å². The van der Waals surface area contributed by atoms with Crippen molar-refractivity contribution in [2.45, 2.75) is 26.8 Å². The molecule has 0 radical (unpaired) electrons. The van der Waals surface area contributed by atoms with Gasteiger partial charge in [-0.25, -0.2) is 4.99 Å². The maximum absolute atomic E-state index is 12.4. The van der Waals surface area contributed by atoms with Gasteiger partial charge in [-0.3, -0.25) is 9.59 Å². The van der Waals surface area contributed by atoms with Crippen LogP contribution in [0.25, 0.3) is 10.9 Å². The topological polar surface area (TPSA) is 101 Å². The number of aromatic nitrogens is 1. The molecule has 1 aromatic heterocycles. The van der Waals surface area contributed by atoms with Crippen LogP contribution in [0.4, 0.5) is 11.4 Å². The summed E-state index contributed by atoms with van der Waals surface area (Å²) < 4.78 is 0. The second-order valence-corrected chi connectivity index (χ2v) is 10.4. The fourth-order valence-corrected chi connectivity index (χ4v) is 4.74. The van der Waals surface area contributed by atoms with E-state index in [1.807, 2.05) is 68.7 Å². The molecule has 0 saturated heterocycles. The first-order chi connectivity index (χ1) is 19.1. The van der Waals surface area contributed by atoms with Crippen molar-refractivity contribution >= 4 is 51.4 Å². The Morgan fingerprint density at radius 2 is 1.75 bits per heavy atom. The number of carbonyl (C=O) groups is 2. The number of rotatable bonds is 10. The number of halogens is 1. The van der Waals surface area contributed by atoms with Gasteiger partial charge in [-0.2, -0.15) is 0 Å². The SMILES string of the molecule is CC(=O)NCc1cccc(C(=Nc2ccc(N(CCCN(C)C)C(C)=O)cc2)c2c(O)[nH]c3cc(Cl)ccc23)c1. The molecule has 208 valence electrons. The van der Waals surface area contributed by atoms with Crippen LogP contribution in [0.1, 0.15) is 37.0 Å². The zero-order valence-electron chi connectivity index (χ0n) is 23.2. The smallest absolute Gasteiger partial charge is 0.223 e. The minimum atomic E-state index is -0.119. The van der Waals surface area contributed by atoms with Crippen LogP contribution >= 0.6 is 11.6 Å². The summed E-state index contributed by atoms with van der Waals surface area (Å²) in [5.74, 6) is -0.163. The van der Waals surface area contributed by atoms with Gasteiger partial charge in [-0.05, 0) is 75.1 Å². The third kappa shape index (κ3) is 7.08. The molecular weight excluding hydrogens is 526 g/mol. The van der Waals surface area contributed by atoms with Gasteiger partial charge in [0.1, 0.15) is 0 Å². The highest BCUT2D eigenvalue weighted by atomic mass is 35.5. The fraction of sp³-hybridized carbons (Fsp3) is 0.258. The van der Waals surface area contributed by atoms with Gasteiger partial charge in [-0.15, -0.1) is 0 Å². The molecule has 3 aromatic carbocycles. The molecule has 3 N–H and O–H groups in total. The van der Waals surface area contributed by atoms with Crippen molar-refractivity contribution in [2.75, 3.05) is 32.1 Å². The second-order valence-electron chi connectivity index (χ2n) is 9.95. The maximum atomic E-state index is 12.4. The molecule has 8 nitrogen and oxygen atoms in total. The normalized spacial score (nSPS) is 11.7. The first kappa shape index (κ1) is 28.9. The molecule has 40 heavy (non-hydrogen) atoms. The molecule has 0 saturated carbocycles. The quantitative estimate of drug-likeness (QED) is 0.219. The van der Waals surface area contributed by atoms with Crippen LogP contribution in [0, 0.1) is 0 Å². The summed E-state index contributed by atoms with van der Waals surface area (Å²) in [6.07, 6.45) is 0.856. The van der Waals surface area contributed by atoms with Gasteiger partial charge in [0, 0.05) is 48.6 Å². The van der Waals surface area contributed by atoms with Gasteiger partial charge in [0.2, 0.25) is 11.8 Å². The lowest BCUT2D eigenvalue weighted by Crippen LogP contribution is -2.31. The predicted molar refractivity (Wildman–Crippen MR) is 162 cm³/mol. The maximum Gasteiger partial charge on any atom is 0.223 e. The standard InChI is InChI=1S/C31H34ClN5O3/c1-20(38)33-19-22-7-5-8-23(17-22)30(29-27-14-9-24(32)18-28(27)35-31(29)40)34-25-10-12-26(13-11-25)37(21(2)39)16-6-15-36(3)4/h5,7-14,17-18,35,40H,6,15-16,19H2,1-4H3,(H,33,38). The van der Waals surface area contributed by atoms with E-state index in [-0.39, 0.29) is 17.7 Å². The van der Waals surface area contributed by atoms with Crippen LogP contribution < -0.4 is 10.2 Å². The number of fused-ring (bicyclic) bond motifs is 1. The van der Waals surface area contributed by atoms with Crippen molar-refractivity contribution in [3.8, 4) is 5.88 Å². The van der Waals surface area contributed by atoms with E-state index in [9.17, 15) is 14.7 Å². The Labute approximate surface area is 239 Å². The Hall–Kier alpha value is -4.14. The lowest BCUT2D eigenvalue weighted by atomic mass is 9.99. The molecule has 0 aliphatic rings. The van der Waals surface area contributed by atoms with Gasteiger partial charge in [0.05, 0.1) is 22.5 Å². The van der Waals surface area contributed by atoms with Gasteiger partial charge in [-0.1, -0.05) is 35.9 Å². The molecule has 0 fully saturated rings. The summed E-state index contributed by atoms with van der Waals surface area (Å²) in [4.78, 5) is 35.7. The minimum absolute atomic E-state index is 0.0194. The number of hydrogen-bond donors (Lipinski definition) is 3. The highest BCUT2D eigenvalue weighted by molar-refractivity contribution is 6.31. The number of aromatic amines is 1. The molecule has 4 aromatic rings. The molecule has 9 heteroatoms. The summed E-state index contributed by atoms with van der Waals surface area (Å²) >= 11 is 6.20. The van der Waals surface area contributed by atoms with E-state index in [0.29, 0.717) is 40.6 Å². The molecule has 1 heterocycles. The molecule has 0 spiro atoms. The Morgan fingerprint density at radius 3 is 2.42 bits per heavy atom. The fourth-order valence-electron chi connectivity index (χ4n) is 4.56. The lowest BCUT2D eigenvalue weighted by molar-refractivity contribution is -0.119. The molecule has 0 aliphatic carbocycles. The van der Waals surface area contributed by atoms with Crippen molar-refractivity contribution in [1.82, 2.24) is 15.2 Å². The summed E-state index contributed by atoms with van der Waals surface area (Å²) in [7, 11) is 4.02. The van der Waals surface area contributed by atoms with Gasteiger partial charge in [0.15, 0.2) is 5.88 Å². The number of aromatic hydroxyl groups is 1. The largest absolute Gasteiger partial charge is 0.494 e. The van der Waals surface area contributed by atoms with Crippen LogP contribution in [-0.4, -0.2) is 59.7 Å². The van der Waals surface area contributed by atoms with Gasteiger partial charge in [0.25, 0.3) is 0 Å². The van der Waals surface area contributed by atoms with Crippen LogP contribution in [0.2, 0.25) is 5.02 Å². The zero-order chi connectivity index (χ0) is 28.8. The van der Waals surface area contributed by atoms with Gasteiger partial charge >= 0.3 is 0 Å². The van der Waals surface area contributed by atoms with Crippen LogP contribution in [0.15, 0.2) is 71.7 Å². The Morgan fingerprint density at radius 1 is 1.00 bits per heavy atom. The lowest BCUT2D eigenvalue weighted by Gasteiger charge is -2.22. The number of hydrogen-bond acceptors (Lipinski definition) is 5. The van der Waals surface area contributed by atoms with Crippen LogP contribution in [0.5, 0.6) is 5.88 Å². The van der Waals surface area contributed by atoms with E-state index >= 15 is 0 Å². The van der Waals surface area contributed by atoms with E-state index in [1.165, 1.54) is 6.92 Å². The highest BCUT2D eigenvalue weighted by Crippen LogP contribution is 2.33. The molecule has 4 rings (SSSR count). The zero-order valence-corrected chi connectivity index (χ0v) is 23.9. The summed E-state index contributed by atoms with van der Waals surface area (Å²) in [5.41, 5.74) is 4.91. The van der Waals surface area contributed by atoms with Crippen LogP contribution in [0.3, 0.4) is 0 Å². The number of benzene rings is 3. The van der Waals surface area contributed by atoms with E-state index in [1.54, 1.807) is 24.0 Å². The monoisotopic (exact) mass is 559 g/mol. The van der Waals surface area contributed by atoms with Crippen molar-refractivity contribution < 1.29 is 14.7 Å². The van der Waals surface area contributed by atoms with E-state index in [4.69, 9.17) is 16.6 Å². The molecule has 2 amide bonds. The van der Waals surface area contributed by atoms with Crippen molar-refractivity contribution in [3.05, 3.63) is 88.4 Å². The second kappa shape index (κ2) is 12.8. The first-order valence-electron chi connectivity index (χ1n) is 13.1. The highest BCUT2D eigenvalue weighted by Gasteiger charge is 2.20. The first-order valence-corrected chi connectivity index (χ1v) is 13.5. The minimum Gasteiger partial charge on any atom is -0.494 e.